The first-order valence-electron chi connectivity index (χ1n) is 8.13. The molecule has 0 aromatic heterocycles. The summed E-state index contributed by atoms with van der Waals surface area (Å²) in [5.41, 5.74) is -0.407. The smallest absolute Gasteiger partial charge is 0.105 e. The van der Waals surface area contributed by atoms with Gasteiger partial charge in [-0.25, -0.2) is 0 Å². The van der Waals surface area contributed by atoms with E-state index in [0.717, 1.165) is 52.2 Å². The Morgan fingerprint density at radius 3 is 2.10 bits per heavy atom. The first kappa shape index (κ1) is 18.4. The second-order valence-corrected chi connectivity index (χ2v) is 6.98. The van der Waals surface area contributed by atoms with Gasteiger partial charge in [0.2, 0.25) is 0 Å². The molecule has 0 radical (unpaired) electrons. The number of nitrogens with zero attached hydrogens (tertiary/aromatic N) is 4. The van der Waals surface area contributed by atoms with E-state index < -0.39 is 5.54 Å². The lowest BCUT2D eigenvalue weighted by molar-refractivity contribution is 0.119. The average molecular weight is 295 g/mol. The third-order valence-electron chi connectivity index (χ3n) is 4.11. The molecule has 1 atom stereocenters. The van der Waals surface area contributed by atoms with Crippen LogP contribution in [0.4, 0.5) is 0 Å². The number of hydrogen-bond acceptors (Lipinski definition) is 5. The number of nitrogens with one attached hydrogen (secondary N) is 1. The summed E-state index contributed by atoms with van der Waals surface area (Å²) in [5, 5.41) is 12.8. The van der Waals surface area contributed by atoms with Gasteiger partial charge in [0.05, 0.1) is 6.07 Å². The van der Waals surface area contributed by atoms with Crippen LogP contribution in [0.2, 0.25) is 0 Å². The van der Waals surface area contributed by atoms with Gasteiger partial charge in [0.25, 0.3) is 0 Å². The van der Waals surface area contributed by atoms with Gasteiger partial charge in [-0.1, -0.05) is 0 Å². The van der Waals surface area contributed by atoms with Gasteiger partial charge in [-0.15, -0.1) is 0 Å². The molecule has 0 aliphatic carbocycles. The molecule has 5 heteroatoms. The Balaban J connectivity index is 2.28. The zero-order valence-electron chi connectivity index (χ0n) is 14.5. The minimum atomic E-state index is -0.407. The first-order valence-corrected chi connectivity index (χ1v) is 8.13. The molecule has 1 fully saturated rings. The Labute approximate surface area is 130 Å². The maximum absolute atomic E-state index is 9.38. The Morgan fingerprint density at radius 1 is 1.14 bits per heavy atom. The third kappa shape index (κ3) is 7.23. The molecule has 1 heterocycles. The van der Waals surface area contributed by atoms with Crippen molar-refractivity contribution in [2.24, 2.45) is 0 Å². The zero-order valence-corrected chi connectivity index (χ0v) is 14.5. The minimum Gasteiger partial charge on any atom is -0.308 e. The molecule has 1 aliphatic rings. The highest BCUT2D eigenvalue weighted by Gasteiger charge is 2.26. The van der Waals surface area contributed by atoms with Gasteiger partial charge in [-0.05, 0) is 41.3 Å². The van der Waals surface area contributed by atoms with Crippen LogP contribution in [0.15, 0.2) is 0 Å². The maximum atomic E-state index is 9.38. The molecule has 21 heavy (non-hydrogen) atoms. The van der Waals surface area contributed by atoms with Crippen molar-refractivity contribution in [3.8, 4) is 6.07 Å². The monoisotopic (exact) mass is 295 g/mol. The van der Waals surface area contributed by atoms with Crippen LogP contribution in [0.3, 0.4) is 0 Å². The first-order chi connectivity index (χ1) is 9.84. The normalized spacial score (nSPS) is 20.7. The molecular formula is C16H33N5. The number of likely N-dealkylation sites (N-methyl/N-ethyl adjacent to an activating group) is 1. The zero-order chi connectivity index (χ0) is 15.9. The molecule has 1 rings (SSSR count). The topological polar surface area (TPSA) is 45.5 Å². The quantitative estimate of drug-likeness (QED) is 0.719. The Kier molecular flexibility index (Phi) is 7.61. The molecule has 0 amide bonds. The fraction of sp³-hybridized carbons (Fsp3) is 0.938. The van der Waals surface area contributed by atoms with Crippen LogP contribution in [0.5, 0.6) is 0 Å². The molecule has 0 saturated carbocycles. The van der Waals surface area contributed by atoms with Gasteiger partial charge >= 0.3 is 0 Å². The van der Waals surface area contributed by atoms with Crippen LogP contribution in [0, 0.1) is 11.3 Å². The third-order valence-corrected chi connectivity index (χ3v) is 4.11. The van der Waals surface area contributed by atoms with Gasteiger partial charge in [0, 0.05) is 51.9 Å². The van der Waals surface area contributed by atoms with E-state index in [1.54, 1.807) is 0 Å². The lowest BCUT2D eigenvalue weighted by Gasteiger charge is -2.36. The second-order valence-electron chi connectivity index (χ2n) is 6.98. The van der Waals surface area contributed by atoms with Crippen LogP contribution in [0.1, 0.15) is 27.2 Å². The largest absolute Gasteiger partial charge is 0.308 e. The second kappa shape index (κ2) is 8.70. The molecular weight excluding hydrogens is 262 g/mol. The van der Waals surface area contributed by atoms with E-state index in [-0.39, 0.29) is 0 Å². The van der Waals surface area contributed by atoms with Gasteiger partial charge < -0.3 is 9.80 Å². The van der Waals surface area contributed by atoms with Gasteiger partial charge in [-0.2, -0.15) is 5.26 Å². The van der Waals surface area contributed by atoms with E-state index >= 15 is 0 Å². The lowest BCUT2D eigenvalue weighted by Crippen LogP contribution is -2.51. The van der Waals surface area contributed by atoms with Crippen LogP contribution >= 0.6 is 0 Å². The fourth-order valence-corrected chi connectivity index (χ4v) is 2.76. The molecule has 0 aromatic rings. The van der Waals surface area contributed by atoms with E-state index in [0.29, 0.717) is 6.04 Å². The molecule has 1 saturated heterocycles. The number of nitriles is 1. The van der Waals surface area contributed by atoms with Crippen LogP contribution in [-0.4, -0.2) is 86.2 Å². The van der Waals surface area contributed by atoms with Crippen LogP contribution < -0.4 is 5.32 Å². The number of hydrogen-bond donors (Lipinski definition) is 1. The molecule has 1 unspecified atom stereocenters. The standard InChI is InChI=1S/C16H33N5/c1-15(2)18-16(3,14-17)6-7-20-10-12-21(13-11-20)9-8-19(4)5/h15,18H,6-13H2,1-5H3. The van der Waals surface area contributed by atoms with Gasteiger partial charge in [-0.3, -0.25) is 10.2 Å². The summed E-state index contributed by atoms with van der Waals surface area (Å²) >= 11 is 0. The summed E-state index contributed by atoms with van der Waals surface area (Å²) in [5.74, 6) is 0. The van der Waals surface area contributed by atoms with Gasteiger partial charge in [0.1, 0.15) is 5.54 Å². The van der Waals surface area contributed by atoms with E-state index in [1.165, 1.54) is 0 Å². The van der Waals surface area contributed by atoms with Crippen molar-refractivity contribution in [3.63, 3.8) is 0 Å². The fourth-order valence-electron chi connectivity index (χ4n) is 2.76. The van der Waals surface area contributed by atoms with E-state index in [9.17, 15) is 5.26 Å². The minimum absolute atomic E-state index is 0.345. The Morgan fingerprint density at radius 2 is 1.67 bits per heavy atom. The lowest BCUT2D eigenvalue weighted by atomic mass is 9.98. The molecule has 5 nitrogen and oxygen atoms in total. The van der Waals surface area contributed by atoms with Crippen molar-refractivity contribution in [3.05, 3.63) is 0 Å². The predicted octanol–water partition coefficient (Wildman–Crippen LogP) is 0.836. The highest BCUT2D eigenvalue weighted by Crippen LogP contribution is 2.12. The van der Waals surface area contributed by atoms with Crippen molar-refractivity contribution >= 4 is 0 Å². The average Bonchev–Trinajstić information content (AvgIpc) is 2.43. The Bertz CT molecular complexity index is 328. The van der Waals surface area contributed by atoms with Gasteiger partial charge in [0.15, 0.2) is 0 Å². The van der Waals surface area contributed by atoms with Crippen molar-refractivity contribution in [1.82, 2.24) is 20.0 Å². The van der Waals surface area contributed by atoms with E-state index in [1.807, 2.05) is 6.92 Å². The number of rotatable bonds is 8. The predicted molar refractivity (Wildman–Crippen MR) is 88.3 cm³/mol. The molecule has 0 spiro atoms. The number of piperazine rings is 1. The summed E-state index contributed by atoms with van der Waals surface area (Å²) in [6.07, 6.45) is 0.888. The summed E-state index contributed by atoms with van der Waals surface area (Å²) in [6.45, 7) is 14.0. The summed E-state index contributed by atoms with van der Waals surface area (Å²) in [7, 11) is 4.25. The van der Waals surface area contributed by atoms with E-state index in [2.05, 4.69) is 54.0 Å². The highest BCUT2D eigenvalue weighted by atomic mass is 15.3. The summed E-state index contributed by atoms with van der Waals surface area (Å²) in [4.78, 5) is 7.26. The molecule has 1 N–H and O–H groups in total. The summed E-state index contributed by atoms with van der Waals surface area (Å²) < 4.78 is 0. The van der Waals surface area contributed by atoms with Crippen molar-refractivity contribution in [1.29, 1.82) is 5.26 Å². The van der Waals surface area contributed by atoms with Crippen molar-refractivity contribution in [2.45, 2.75) is 38.8 Å². The summed E-state index contributed by atoms with van der Waals surface area (Å²) in [6, 6.07) is 2.78. The van der Waals surface area contributed by atoms with Crippen molar-refractivity contribution < 1.29 is 0 Å². The Hall–Kier alpha value is -0.670. The molecule has 0 bridgehead atoms. The SMILES string of the molecule is CC(C)NC(C)(C#N)CCN1CCN(CCN(C)C)CC1. The van der Waals surface area contributed by atoms with Crippen molar-refractivity contribution in [2.75, 3.05) is 59.9 Å². The van der Waals surface area contributed by atoms with Crippen LogP contribution in [0.25, 0.3) is 0 Å². The molecule has 122 valence electrons. The molecule has 0 aromatic carbocycles. The maximum Gasteiger partial charge on any atom is 0.105 e. The van der Waals surface area contributed by atoms with Crippen LogP contribution in [-0.2, 0) is 0 Å². The molecule has 1 aliphatic heterocycles. The highest BCUT2D eigenvalue weighted by molar-refractivity contribution is 5.04. The van der Waals surface area contributed by atoms with E-state index in [4.69, 9.17) is 0 Å².